The van der Waals surface area contributed by atoms with Crippen molar-refractivity contribution in [2.75, 3.05) is 25.0 Å². The highest BCUT2D eigenvalue weighted by atomic mass is 19.4. The summed E-state index contributed by atoms with van der Waals surface area (Å²) in [4.78, 5) is 3.75. The number of hydrogen-bond donors (Lipinski definition) is 0. The van der Waals surface area contributed by atoms with E-state index in [1.807, 2.05) is 11.9 Å². The molecule has 0 bridgehead atoms. The molecule has 1 aliphatic rings. The third kappa shape index (κ3) is 3.62. The highest BCUT2D eigenvalue weighted by Crippen LogP contribution is 2.36. The molecule has 2 aromatic rings. The minimum atomic E-state index is -4.74. The molecule has 24 heavy (non-hydrogen) atoms. The van der Waals surface area contributed by atoms with Gasteiger partial charge in [-0.25, -0.2) is 4.39 Å². The van der Waals surface area contributed by atoms with Crippen LogP contribution in [0.2, 0.25) is 0 Å². The molecule has 0 fully saturated rings. The molecule has 0 atom stereocenters. The van der Waals surface area contributed by atoms with Crippen LogP contribution in [0, 0.1) is 5.82 Å². The van der Waals surface area contributed by atoms with Crippen LogP contribution in [0.4, 0.5) is 28.9 Å². The van der Waals surface area contributed by atoms with E-state index in [1.54, 1.807) is 29.2 Å². The lowest BCUT2D eigenvalue weighted by atomic mass is 10.1. The number of likely N-dealkylation sites (N-methyl/N-ethyl adjacent to an activating group) is 1. The lowest BCUT2D eigenvalue weighted by Gasteiger charge is -2.25. The lowest BCUT2D eigenvalue weighted by molar-refractivity contribution is -0.274. The van der Waals surface area contributed by atoms with E-state index in [0.29, 0.717) is 36.6 Å². The van der Waals surface area contributed by atoms with Gasteiger partial charge in [-0.2, -0.15) is 0 Å². The zero-order valence-corrected chi connectivity index (χ0v) is 13.0. The molecule has 0 unspecified atom stereocenters. The average molecular weight is 340 g/mol. The summed E-state index contributed by atoms with van der Waals surface area (Å²) in [5.74, 6) is -0.645. The van der Waals surface area contributed by atoms with Crippen LogP contribution in [-0.2, 0) is 6.54 Å². The molecular formula is C17H16F4N2O. The Labute approximate surface area is 137 Å². The van der Waals surface area contributed by atoms with Crippen molar-refractivity contribution in [2.45, 2.75) is 12.9 Å². The first kappa shape index (κ1) is 16.6. The summed E-state index contributed by atoms with van der Waals surface area (Å²) in [6.45, 7) is 1.64. The van der Waals surface area contributed by atoms with Gasteiger partial charge in [0.25, 0.3) is 0 Å². The van der Waals surface area contributed by atoms with Crippen molar-refractivity contribution in [1.29, 1.82) is 0 Å². The van der Waals surface area contributed by atoms with Gasteiger partial charge < -0.3 is 14.5 Å². The van der Waals surface area contributed by atoms with Gasteiger partial charge in [0, 0.05) is 25.3 Å². The number of rotatable bonds is 2. The summed E-state index contributed by atoms with van der Waals surface area (Å²) < 4.78 is 55.5. The van der Waals surface area contributed by atoms with Crippen LogP contribution in [0.5, 0.6) is 5.75 Å². The second kappa shape index (κ2) is 6.32. The number of fused-ring (bicyclic) bond motifs is 1. The molecule has 1 aliphatic heterocycles. The maximum atomic E-state index is 14.2. The molecule has 0 amide bonds. The molecule has 0 aromatic heterocycles. The van der Waals surface area contributed by atoms with E-state index in [-0.39, 0.29) is 11.6 Å². The molecular weight excluding hydrogens is 324 g/mol. The zero-order chi connectivity index (χ0) is 17.3. The summed E-state index contributed by atoms with van der Waals surface area (Å²) in [7, 11) is 1.87. The largest absolute Gasteiger partial charge is 0.573 e. The number of nitrogens with zero attached hydrogens (tertiary/aromatic N) is 2. The second-order valence-corrected chi connectivity index (χ2v) is 5.68. The molecule has 0 spiro atoms. The minimum Gasteiger partial charge on any atom is -0.406 e. The average Bonchev–Trinajstić information content (AvgIpc) is 2.64. The predicted molar refractivity (Wildman–Crippen MR) is 82.9 cm³/mol. The highest BCUT2D eigenvalue weighted by molar-refractivity contribution is 5.68. The first-order valence-corrected chi connectivity index (χ1v) is 7.43. The number of anilines is 2. The van der Waals surface area contributed by atoms with Gasteiger partial charge in [-0.3, -0.25) is 0 Å². The van der Waals surface area contributed by atoms with E-state index in [2.05, 4.69) is 4.74 Å². The fraction of sp³-hybridized carbons (Fsp3) is 0.294. The fourth-order valence-corrected chi connectivity index (χ4v) is 2.83. The number of hydrogen-bond acceptors (Lipinski definition) is 3. The highest BCUT2D eigenvalue weighted by Gasteiger charge is 2.32. The Kier molecular flexibility index (Phi) is 4.36. The van der Waals surface area contributed by atoms with Gasteiger partial charge in [-0.05, 0) is 42.9 Å². The van der Waals surface area contributed by atoms with Crippen LogP contribution in [0.1, 0.15) is 5.56 Å². The smallest absolute Gasteiger partial charge is 0.406 e. The molecule has 3 rings (SSSR count). The molecule has 128 valence electrons. The molecule has 2 aromatic carbocycles. The van der Waals surface area contributed by atoms with Crippen LogP contribution >= 0.6 is 0 Å². The summed E-state index contributed by atoms with van der Waals surface area (Å²) in [6.07, 6.45) is -4.74. The molecule has 0 aliphatic carbocycles. The molecule has 0 N–H and O–H groups in total. The Morgan fingerprint density at radius 1 is 1.00 bits per heavy atom. The molecule has 1 heterocycles. The summed E-state index contributed by atoms with van der Waals surface area (Å²) in [6, 6.07) is 10.5. The Balaban J connectivity index is 2.03. The van der Waals surface area contributed by atoms with E-state index in [9.17, 15) is 17.6 Å². The number of halogens is 4. The van der Waals surface area contributed by atoms with Crippen molar-refractivity contribution in [3.8, 4) is 5.75 Å². The first-order valence-electron chi connectivity index (χ1n) is 7.43. The Morgan fingerprint density at radius 2 is 1.75 bits per heavy atom. The third-order valence-electron chi connectivity index (χ3n) is 3.86. The number of ether oxygens (including phenoxy) is 1. The first-order chi connectivity index (χ1) is 11.3. The molecule has 0 radical (unpaired) electrons. The SMILES string of the molecule is CN1CCN(c2ccccc2F)c2ccc(OC(F)(F)F)cc2C1. The van der Waals surface area contributed by atoms with Gasteiger partial charge in [0.15, 0.2) is 0 Å². The molecule has 3 nitrogen and oxygen atoms in total. The van der Waals surface area contributed by atoms with Gasteiger partial charge in [-0.1, -0.05) is 12.1 Å². The van der Waals surface area contributed by atoms with E-state index in [0.717, 1.165) is 0 Å². The number of para-hydroxylation sites is 1. The molecule has 0 saturated carbocycles. The van der Waals surface area contributed by atoms with Gasteiger partial charge in [0.1, 0.15) is 11.6 Å². The van der Waals surface area contributed by atoms with E-state index >= 15 is 0 Å². The fourth-order valence-electron chi connectivity index (χ4n) is 2.83. The van der Waals surface area contributed by atoms with E-state index in [4.69, 9.17) is 0 Å². The third-order valence-corrected chi connectivity index (χ3v) is 3.86. The second-order valence-electron chi connectivity index (χ2n) is 5.68. The van der Waals surface area contributed by atoms with Crippen LogP contribution in [0.25, 0.3) is 0 Å². The molecule has 7 heteroatoms. The Bertz CT molecular complexity index is 733. The van der Waals surface area contributed by atoms with Gasteiger partial charge in [0.05, 0.1) is 5.69 Å². The van der Waals surface area contributed by atoms with Crippen molar-refractivity contribution in [1.82, 2.24) is 4.90 Å². The zero-order valence-electron chi connectivity index (χ0n) is 13.0. The topological polar surface area (TPSA) is 15.7 Å². The standard InChI is InChI=1S/C17H16F4N2O/c1-22-8-9-23(16-5-3-2-4-14(16)18)15-7-6-13(10-12(15)11-22)24-17(19,20)21/h2-7,10H,8-9,11H2,1H3. The van der Waals surface area contributed by atoms with Gasteiger partial charge >= 0.3 is 6.36 Å². The lowest BCUT2D eigenvalue weighted by Crippen LogP contribution is -2.26. The van der Waals surface area contributed by atoms with E-state index in [1.165, 1.54) is 18.2 Å². The quantitative estimate of drug-likeness (QED) is 0.758. The van der Waals surface area contributed by atoms with Crippen molar-refractivity contribution in [3.05, 3.63) is 53.8 Å². The van der Waals surface area contributed by atoms with Crippen LogP contribution < -0.4 is 9.64 Å². The Hall–Kier alpha value is -2.28. The predicted octanol–water partition coefficient (Wildman–Crippen LogP) is 4.31. The summed E-state index contributed by atoms with van der Waals surface area (Å²) in [5.41, 5.74) is 1.73. The summed E-state index contributed by atoms with van der Waals surface area (Å²) >= 11 is 0. The van der Waals surface area contributed by atoms with Crippen molar-refractivity contribution in [2.24, 2.45) is 0 Å². The monoisotopic (exact) mass is 340 g/mol. The minimum absolute atomic E-state index is 0.273. The maximum absolute atomic E-state index is 14.2. The normalized spacial score (nSPS) is 15.8. The van der Waals surface area contributed by atoms with Gasteiger partial charge in [-0.15, -0.1) is 13.2 Å². The Morgan fingerprint density at radius 3 is 2.46 bits per heavy atom. The van der Waals surface area contributed by atoms with Crippen LogP contribution in [0.3, 0.4) is 0 Å². The maximum Gasteiger partial charge on any atom is 0.573 e. The van der Waals surface area contributed by atoms with Crippen LogP contribution in [-0.4, -0.2) is 31.4 Å². The van der Waals surface area contributed by atoms with Crippen molar-refractivity contribution < 1.29 is 22.3 Å². The van der Waals surface area contributed by atoms with Crippen LogP contribution in [0.15, 0.2) is 42.5 Å². The summed E-state index contributed by atoms with van der Waals surface area (Å²) in [5, 5.41) is 0. The van der Waals surface area contributed by atoms with E-state index < -0.39 is 6.36 Å². The van der Waals surface area contributed by atoms with Gasteiger partial charge in [0.2, 0.25) is 0 Å². The van der Waals surface area contributed by atoms with Crippen molar-refractivity contribution in [3.63, 3.8) is 0 Å². The number of benzene rings is 2. The molecule has 0 saturated heterocycles. The van der Waals surface area contributed by atoms with Crippen molar-refractivity contribution >= 4 is 11.4 Å². The number of alkyl halides is 3.